The quantitative estimate of drug-likeness (QED) is 0.744. The van der Waals surface area contributed by atoms with Crippen LogP contribution in [-0.2, 0) is 0 Å². The molecule has 1 atom stereocenters. The summed E-state index contributed by atoms with van der Waals surface area (Å²) in [5.41, 5.74) is 1.18. The molecule has 0 saturated carbocycles. The second kappa shape index (κ2) is 7.46. The monoisotopic (exact) mass is 373 g/mol. The Morgan fingerprint density at radius 1 is 1.40 bits per heavy atom. The van der Waals surface area contributed by atoms with E-state index >= 15 is 0 Å². The highest BCUT2D eigenvalue weighted by atomic mass is 79.9. The molecule has 0 bridgehead atoms. The molecule has 1 unspecified atom stereocenters. The number of benzene rings is 1. The van der Waals surface area contributed by atoms with E-state index in [0.717, 1.165) is 33.1 Å². The van der Waals surface area contributed by atoms with Gasteiger partial charge in [-0.2, -0.15) is 0 Å². The first kappa shape index (κ1) is 15.8. The first-order chi connectivity index (χ1) is 9.67. The van der Waals surface area contributed by atoms with Crippen LogP contribution in [0.1, 0.15) is 29.8 Å². The van der Waals surface area contributed by atoms with Crippen molar-refractivity contribution in [1.82, 2.24) is 5.32 Å². The first-order valence-corrected chi connectivity index (χ1v) is 8.52. The number of ether oxygens (including phenoxy) is 1. The van der Waals surface area contributed by atoms with Gasteiger partial charge < -0.3 is 10.1 Å². The van der Waals surface area contributed by atoms with Crippen LogP contribution in [0.25, 0.3) is 0 Å². The lowest BCUT2D eigenvalue weighted by atomic mass is 10.0. The van der Waals surface area contributed by atoms with Gasteiger partial charge in [-0.05, 0) is 58.0 Å². The van der Waals surface area contributed by atoms with Gasteiger partial charge in [-0.15, -0.1) is 11.3 Å². The Labute approximate surface area is 137 Å². The van der Waals surface area contributed by atoms with E-state index in [0.29, 0.717) is 0 Å². The van der Waals surface area contributed by atoms with Gasteiger partial charge in [0.1, 0.15) is 5.75 Å². The fraction of sp³-hybridized carbons (Fsp3) is 0.333. The second-order valence-corrected chi connectivity index (χ2v) is 6.62. The van der Waals surface area contributed by atoms with Crippen LogP contribution in [0.15, 0.2) is 34.1 Å². The summed E-state index contributed by atoms with van der Waals surface area (Å²) < 4.78 is 6.24. The van der Waals surface area contributed by atoms with Gasteiger partial charge in [0.05, 0.1) is 22.6 Å². The zero-order valence-corrected chi connectivity index (χ0v) is 14.6. The van der Waals surface area contributed by atoms with Crippen LogP contribution in [0.4, 0.5) is 0 Å². The molecule has 0 radical (unpaired) electrons. The lowest BCUT2D eigenvalue weighted by Crippen LogP contribution is -2.22. The Hall–Kier alpha value is -0.550. The second-order valence-electron chi connectivity index (χ2n) is 4.41. The van der Waals surface area contributed by atoms with Crippen molar-refractivity contribution in [1.29, 1.82) is 0 Å². The average molecular weight is 375 g/mol. The van der Waals surface area contributed by atoms with Crippen LogP contribution in [0.2, 0.25) is 5.02 Å². The van der Waals surface area contributed by atoms with Crippen molar-refractivity contribution in [3.05, 3.63) is 49.6 Å². The number of hydrogen-bond acceptors (Lipinski definition) is 3. The predicted molar refractivity (Wildman–Crippen MR) is 90.2 cm³/mol. The van der Waals surface area contributed by atoms with Gasteiger partial charge in [0.25, 0.3) is 0 Å². The van der Waals surface area contributed by atoms with Crippen molar-refractivity contribution in [2.45, 2.75) is 19.4 Å². The molecule has 20 heavy (non-hydrogen) atoms. The van der Waals surface area contributed by atoms with Crippen molar-refractivity contribution in [3.63, 3.8) is 0 Å². The van der Waals surface area contributed by atoms with Crippen molar-refractivity contribution < 1.29 is 4.74 Å². The molecule has 2 aromatic rings. The maximum Gasteiger partial charge on any atom is 0.133 e. The van der Waals surface area contributed by atoms with Gasteiger partial charge >= 0.3 is 0 Å². The first-order valence-electron chi connectivity index (χ1n) is 6.47. The number of rotatable bonds is 6. The van der Waals surface area contributed by atoms with Gasteiger partial charge in [0.2, 0.25) is 0 Å². The molecule has 0 amide bonds. The Bertz CT molecular complexity index is 573. The summed E-state index contributed by atoms with van der Waals surface area (Å²) >= 11 is 11.5. The minimum absolute atomic E-state index is 0.115. The molecule has 0 aliphatic carbocycles. The number of hydrogen-bond donors (Lipinski definition) is 1. The SMILES string of the molecule is CCCNC(c1ccc(OC)c(Br)c1)c1sccc1Cl. The summed E-state index contributed by atoms with van der Waals surface area (Å²) in [5, 5.41) is 6.40. The molecule has 0 fully saturated rings. The fourth-order valence-corrected chi connectivity index (χ4v) is 3.85. The fourth-order valence-electron chi connectivity index (χ4n) is 2.02. The standard InChI is InChI=1S/C15H17BrClNOS/c1-3-7-18-14(15-12(17)6-8-20-15)10-4-5-13(19-2)11(16)9-10/h4-6,8-9,14,18H,3,7H2,1-2H3. The van der Waals surface area contributed by atoms with Crippen LogP contribution in [0.5, 0.6) is 5.75 Å². The number of thiophene rings is 1. The van der Waals surface area contributed by atoms with Crippen LogP contribution in [-0.4, -0.2) is 13.7 Å². The zero-order valence-electron chi connectivity index (χ0n) is 11.5. The smallest absolute Gasteiger partial charge is 0.133 e. The van der Waals surface area contributed by atoms with Gasteiger partial charge in [-0.3, -0.25) is 0 Å². The third-order valence-electron chi connectivity index (χ3n) is 3.01. The molecular formula is C15H17BrClNOS. The van der Waals surface area contributed by atoms with Gasteiger partial charge in [0.15, 0.2) is 0 Å². The molecule has 0 aliphatic rings. The van der Waals surface area contributed by atoms with E-state index in [1.807, 2.05) is 17.5 Å². The van der Waals surface area contributed by atoms with Crippen LogP contribution >= 0.6 is 38.9 Å². The highest BCUT2D eigenvalue weighted by molar-refractivity contribution is 9.10. The molecular weight excluding hydrogens is 358 g/mol. The zero-order chi connectivity index (χ0) is 14.5. The predicted octanol–water partition coefficient (Wildman–Crippen LogP) is 5.26. The number of methoxy groups -OCH3 is 1. The van der Waals surface area contributed by atoms with Gasteiger partial charge in [-0.25, -0.2) is 0 Å². The van der Waals surface area contributed by atoms with Crippen LogP contribution < -0.4 is 10.1 Å². The summed E-state index contributed by atoms with van der Waals surface area (Å²) in [7, 11) is 1.67. The van der Waals surface area contributed by atoms with Crippen molar-refractivity contribution in [2.24, 2.45) is 0 Å². The normalized spacial score (nSPS) is 12.4. The summed E-state index contributed by atoms with van der Waals surface area (Å²) in [6, 6.07) is 8.20. The minimum Gasteiger partial charge on any atom is -0.496 e. The highest BCUT2D eigenvalue weighted by Gasteiger charge is 2.18. The Kier molecular flexibility index (Phi) is 5.90. The molecule has 5 heteroatoms. The number of halogens is 2. The highest BCUT2D eigenvalue weighted by Crippen LogP contribution is 2.35. The molecule has 1 heterocycles. The maximum atomic E-state index is 6.30. The molecule has 0 spiro atoms. The molecule has 1 N–H and O–H groups in total. The lowest BCUT2D eigenvalue weighted by molar-refractivity contribution is 0.411. The molecule has 0 saturated heterocycles. The van der Waals surface area contributed by atoms with Crippen molar-refractivity contribution in [3.8, 4) is 5.75 Å². The Morgan fingerprint density at radius 3 is 2.75 bits per heavy atom. The Balaban J connectivity index is 2.36. The van der Waals surface area contributed by atoms with E-state index in [4.69, 9.17) is 16.3 Å². The molecule has 2 rings (SSSR count). The van der Waals surface area contributed by atoms with Crippen LogP contribution in [0.3, 0.4) is 0 Å². The van der Waals surface area contributed by atoms with Crippen LogP contribution in [0, 0.1) is 0 Å². The van der Waals surface area contributed by atoms with Crippen molar-refractivity contribution in [2.75, 3.05) is 13.7 Å². The van der Waals surface area contributed by atoms with E-state index in [1.165, 1.54) is 5.56 Å². The molecule has 108 valence electrons. The van der Waals surface area contributed by atoms with Gasteiger partial charge in [0, 0.05) is 4.88 Å². The topological polar surface area (TPSA) is 21.3 Å². The van der Waals surface area contributed by atoms with E-state index in [1.54, 1.807) is 18.4 Å². The molecule has 2 nitrogen and oxygen atoms in total. The Morgan fingerprint density at radius 2 is 2.20 bits per heavy atom. The van der Waals surface area contributed by atoms with E-state index < -0.39 is 0 Å². The molecule has 1 aromatic carbocycles. The molecule has 1 aromatic heterocycles. The number of nitrogens with one attached hydrogen (secondary N) is 1. The maximum absolute atomic E-state index is 6.30. The van der Waals surface area contributed by atoms with E-state index in [-0.39, 0.29) is 6.04 Å². The third kappa shape index (κ3) is 3.55. The summed E-state index contributed by atoms with van der Waals surface area (Å²) in [6.45, 7) is 3.10. The summed E-state index contributed by atoms with van der Waals surface area (Å²) in [4.78, 5) is 1.15. The summed E-state index contributed by atoms with van der Waals surface area (Å²) in [6.07, 6.45) is 1.08. The third-order valence-corrected chi connectivity index (χ3v) is 5.06. The minimum atomic E-state index is 0.115. The van der Waals surface area contributed by atoms with E-state index in [2.05, 4.69) is 40.3 Å². The van der Waals surface area contributed by atoms with Gasteiger partial charge in [-0.1, -0.05) is 24.6 Å². The average Bonchev–Trinajstić information content (AvgIpc) is 2.86. The lowest BCUT2D eigenvalue weighted by Gasteiger charge is -2.19. The molecule has 0 aliphatic heterocycles. The summed E-state index contributed by atoms with van der Waals surface area (Å²) in [5.74, 6) is 0.834. The van der Waals surface area contributed by atoms with Crippen molar-refractivity contribution >= 4 is 38.9 Å². The van der Waals surface area contributed by atoms with E-state index in [9.17, 15) is 0 Å². The largest absolute Gasteiger partial charge is 0.496 e.